The smallest absolute Gasteiger partial charge is 0.271 e. The molecule has 2 aromatic heterocycles. The van der Waals surface area contributed by atoms with Crippen LogP contribution >= 0.6 is 38.9 Å². The molecule has 1 fully saturated rings. The minimum atomic E-state index is -3.22. The highest BCUT2D eigenvalue weighted by molar-refractivity contribution is 8.24. The Morgan fingerprint density at radius 3 is 2.37 bits per heavy atom. The van der Waals surface area contributed by atoms with Crippen molar-refractivity contribution in [2.24, 2.45) is 0 Å². The molecule has 1 aliphatic carbocycles. The first-order valence-corrected chi connectivity index (χ1v) is 9.73. The van der Waals surface area contributed by atoms with Gasteiger partial charge in [0, 0.05) is 5.41 Å². The van der Waals surface area contributed by atoms with Gasteiger partial charge in [-0.25, -0.2) is 14.5 Å². The summed E-state index contributed by atoms with van der Waals surface area (Å²) >= 11 is 13.8. The van der Waals surface area contributed by atoms with Crippen molar-refractivity contribution in [2.75, 3.05) is 0 Å². The molecule has 0 unspecified atom stereocenters. The van der Waals surface area contributed by atoms with Gasteiger partial charge in [0.05, 0.1) is 18.1 Å². The van der Waals surface area contributed by atoms with Crippen molar-refractivity contribution in [3.8, 4) is 0 Å². The molecule has 0 bridgehead atoms. The molecule has 3 rings (SSSR count). The van der Waals surface area contributed by atoms with Crippen LogP contribution in [0.3, 0.4) is 0 Å². The second-order valence-electron chi connectivity index (χ2n) is 4.47. The fourth-order valence-electron chi connectivity index (χ4n) is 1.67. The van der Waals surface area contributed by atoms with Gasteiger partial charge < -0.3 is 0 Å². The molecule has 1 saturated carbocycles. The molecule has 0 aliphatic heterocycles. The number of fused-ring (bicyclic) bond motifs is 1. The van der Waals surface area contributed by atoms with Crippen LogP contribution in [-0.2, 0) is 9.98 Å². The van der Waals surface area contributed by atoms with Crippen molar-refractivity contribution in [1.29, 1.82) is 0 Å². The van der Waals surface area contributed by atoms with Crippen molar-refractivity contribution in [1.82, 2.24) is 19.6 Å². The fourth-order valence-corrected chi connectivity index (χ4v) is 1.67. The van der Waals surface area contributed by atoms with Crippen LogP contribution in [0.15, 0.2) is 17.2 Å². The van der Waals surface area contributed by atoms with Gasteiger partial charge in [-0.2, -0.15) is 0 Å². The minimum Gasteiger partial charge on any atom is -0.271 e. The summed E-state index contributed by atoms with van der Waals surface area (Å²) in [5.41, 5.74) is 1.05. The first-order chi connectivity index (χ1) is 8.69. The Balaban J connectivity index is 0.000000232. The minimum absolute atomic E-state index is 0.186. The van der Waals surface area contributed by atoms with E-state index in [9.17, 15) is 9.36 Å². The van der Waals surface area contributed by atoms with Gasteiger partial charge in [0.1, 0.15) is 0 Å². The topological polar surface area (TPSA) is 80.1 Å². The lowest BCUT2D eigenvalue weighted by molar-refractivity contribution is 0.600. The Morgan fingerprint density at radius 1 is 1.32 bits per heavy atom. The Bertz CT molecular complexity index is 695. The maximum Gasteiger partial charge on any atom is 0.339 e. The molecular formula is C9H10Cl3N4O2P. The zero-order chi connectivity index (χ0) is 14.3. The van der Waals surface area contributed by atoms with E-state index in [2.05, 4.69) is 55.7 Å². The number of halogens is 3. The van der Waals surface area contributed by atoms with Gasteiger partial charge in [-0.15, -0.1) is 0 Å². The molecule has 104 valence electrons. The average Bonchev–Trinajstić information content (AvgIpc) is 2.86. The van der Waals surface area contributed by atoms with E-state index < -0.39 is 5.20 Å². The van der Waals surface area contributed by atoms with Crippen molar-refractivity contribution in [3.63, 3.8) is 0 Å². The van der Waals surface area contributed by atoms with E-state index in [0.29, 0.717) is 5.78 Å². The predicted molar refractivity (Wildman–Crippen MR) is 75.4 cm³/mol. The second-order valence-corrected chi connectivity index (χ2v) is 11.1. The van der Waals surface area contributed by atoms with Crippen molar-refractivity contribution >= 4 is 44.7 Å². The second kappa shape index (κ2) is 5.09. The molecule has 0 radical (unpaired) electrons. The zero-order valence-corrected chi connectivity index (χ0v) is 13.0. The number of hydrogen-bond acceptors (Lipinski definition) is 4. The highest BCUT2D eigenvalue weighted by atomic mass is 36.0. The molecule has 6 nitrogen and oxygen atoms in total. The molecule has 19 heavy (non-hydrogen) atoms. The molecule has 0 spiro atoms. The highest BCUT2D eigenvalue weighted by Gasteiger charge is 2.42. The SMILES string of the molecule is CC1(c2cnc3ncc(=O)[nH]n23)CC1.O=P(Cl)(Cl)Cl. The van der Waals surface area contributed by atoms with Crippen LogP contribution in [0, 0.1) is 0 Å². The van der Waals surface area contributed by atoms with Gasteiger partial charge in [-0.3, -0.25) is 14.5 Å². The normalized spacial score (nSPS) is 16.8. The number of aromatic nitrogens is 4. The van der Waals surface area contributed by atoms with Crippen LogP contribution < -0.4 is 5.56 Å². The lowest BCUT2D eigenvalue weighted by Crippen LogP contribution is -2.15. The zero-order valence-electron chi connectivity index (χ0n) is 9.81. The van der Waals surface area contributed by atoms with E-state index in [0.717, 1.165) is 18.5 Å². The van der Waals surface area contributed by atoms with Crippen LogP contribution in [-0.4, -0.2) is 19.6 Å². The van der Waals surface area contributed by atoms with E-state index in [1.54, 1.807) is 10.7 Å². The standard InChI is InChI=1S/C9H10N4O.Cl3OP/c1-9(2-3-9)6-4-10-8-11-5-7(14)12-13(6)8;1-5(2,3)4/h4-5H,2-3H2,1H3,(H,12,14);. The number of imidazole rings is 1. The largest absolute Gasteiger partial charge is 0.339 e. The third kappa shape index (κ3) is 3.96. The van der Waals surface area contributed by atoms with Gasteiger partial charge in [0.15, 0.2) is 0 Å². The Kier molecular flexibility index (Phi) is 3.98. The quantitative estimate of drug-likeness (QED) is 0.806. The van der Waals surface area contributed by atoms with Gasteiger partial charge in [0.2, 0.25) is 5.78 Å². The monoisotopic (exact) mass is 342 g/mol. The molecule has 2 aromatic rings. The Morgan fingerprint density at radius 2 is 1.84 bits per heavy atom. The lowest BCUT2D eigenvalue weighted by atomic mass is 10.1. The third-order valence-electron chi connectivity index (χ3n) is 2.88. The molecule has 0 aromatic carbocycles. The van der Waals surface area contributed by atoms with Crippen molar-refractivity contribution in [3.05, 3.63) is 28.4 Å². The summed E-state index contributed by atoms with van der Waals surface area (Å²) in [7, 11) is 0. The van der Waals surface area contributed by atoms with Crippen LogP contribution in [0.2, 0.25) is 0 Å². The summed E-state index contributed by atoms with van der Waals surface area (Å²) in [5, 5.41) is -0.501. The van der Waals surface area contributed by atoms with Crippen molar-refractivity contribution in [2.45, 2.75) is 25.2 Å². The lowest BCUT2D eigenvalue weighted by Gasteiger charge is -2.05. The predicted octanol–water partition coefficient (Wildman–Crippen LogP) is 3.28. The van der Waals surface area contributed by atoms with Crippen LogP contribution in [0.5, 0.6) is 0 Å². The molecule has 1 N–H and O–H groups in total. The molecule has 10 heteroatoms. The first-order valence-electron chi connectivity index (χ1n) is 5.31. The summed E-state index contributed by atoms with van der Waals surface area (Å²) in [4.78, 5) is 19.2. The summed E-state index contributed by atoms with van der Waals surface area (Å²) in [6.45, 7) is 2.17. The Labute approximate surface area is 122 Å². The van der Waals surface area contributed by atoms with Crippen molar-refractivity contribution < 1.29 is 4.57 Å². The van der Waals surface area contributed by atoms with Crippen LogP contribution in [0.25, 0.3) is 5.78 Å². The van der Waals surface area contributed by atoms with Gasteiger partial charge in [0.25, 0.3) is 5.56 Å². The Hall–Kier alpha value is -0.550. The number of nitrogens with zero attached hydrogens (tertiary/aromatic N) is 3. The maximum absolute atomic E-state index is 11.1. The molecule has 2 heterocycles. The summed E-state index contributed by atoms with van der Waals surface area (Å²) in [6.07, 6.45) is 5.35. The van der Waals surface area contributed by atoms with Gasteiger partial charge in [-0.05, 0) is 46.6 Å². The van der Waals surface area contributed by atoms with Crippen LogP contribution in [0.4, 0.5) is 0 Å². The van der Waals surface area contributed by atoms with E-state index in [1.807, 2.05) is 0 Å². The molecule has 0 saturated heterocycles. The average molecular weight is 344 g/mol. The van der Waals surface area contributed by atoms with Gasteiger partial charge >= 0.3 is 5.20 Å². The molecule has 1 aliphatic rings. The fraction of sp³-hybridized carbons (Fsp3) is 0.444. The molecule has 0 atom stereocenters. The van der Waals surface area contributed by atoms with E-state index >= 15 is 0 Å². The first kappa shape index (κ1) is 14.9. The summed E-state index contributed by atoms with van der Waals surface area (Å²) in [5.74, 6) is 0.563. The summed E-state index contributed by atoms with van der Waals surface area (Å²) in [6, 6.07) is 0. The van der Waals surface area contributed by atoms with E-state index in [-0.39, 0.29) is 11.0 Å². The molecule has 0 amide bonds. The number of nitrogens with one attached hydrogen (secondary N) is 1. The number of H-pyrrole nitrogens is 1. The number of aromatic amines is 1. The summed E-state index contributed by atoms with van der Waals surface area (Å²) < 4.78 is 11.2. The highest BCUT2D eigenvalue weighted by Crippen LogP contribution is 2.61. The van der Waals surface area contributed by atoms with E-state index in [4.69, 9.17) is 0 Å². The van der Waals surface area contributed by atoms with E-state index in [1.165, 1.54) is 6.20 Å². The molecular weight excluding hydrogens is 333 g/mol. The van der Waals surface area contributed by atoms with Crippen LogP contribution in [0.1, 0.15) is 25.5 Å². The number of hydrogen-bond donors (Lipinski definition) is 1. The maximum atomic E-state index is 11.1. The third-order valence-corrected chi connectivity index (χ3v) is 2.88. The number of rotatable bonds is 1. The van der Waals surface area contributed by atoms with Gasteiger partial charge in [-0.1, -0.05) is 6.92 Å².